The molecular formula is C30H50. The zero-order valence-electron chi connectivity index (χ0n) is 26.5. The van der Waals surface area contributed by atoms with E-state index in [0.717, 1.165) is 56.9 Å². The van der Waals surface area contributed by atoms with Crippen molar-refractivity contribution in [3.8, 4) is 0 Å². The summed E-state index contributed by atoms with van der Waals surface area (Å²) in [5.74, 6) is 0. The Bertz CT molecular complexity index is 806. The fraction of sp³-hybridized carbons (Fsp3) is 0.600. The second kappa shape index (κ2) is 18.2. The second-order valence-electron chi connectivity index (χ2n) is 8.83. The molecule has 0 radical (unpaired) electrons. The van der Waals surface area contributed by atoms with Crippen molar-refractivity contribution in [2.45, 2.75) is 119 Å². The molecule has 0 bridgehead atoms. The Balaban J connectivity index is 4.35. The van der Waals surface area contributed by atoms with E-state index in [0.29, 0.717) is 12.8 Å². The molecule has 0 nitrogen and oxygen atoms in total. The summed E-state index contributed by atoms with van der Waals surface area (Å²) in [6, 6.07) is 0. The van der Waals surface area contributed by atoms with E-state index in [9.17, 15) is 0 Å². The number of hydrogen-bond acceptors (Lipinski definition) is 0. The number of rotatable bonds is 15. The molecule has 0 aromatic rings. The quantitative estimate of drug-likeness (QED) is 0.184. The molecule has 0 aromatic carbocycles. The zero-order chi connectivity index (χ0) is 27.8. The molecule has 0 heteroatoms. The highest BCUT2D eigenvalue weighted by atomic mass is 14.0. The van der Waals surface area contributed by atoms with Crippen LogP contribution in [0.15, 0.2) is 69.9 Å². The summed E-state index contributed by atoms with van der Waals surface area (Å²) in [6.07, 6.45) is 22.6. The van der Waals surface area contributed by atoms with Crippen molar-refractivity contribution in [3.05, 3.63) is 69.9 Å². The topological polar surface area (TPSA) is 0 Å². The van der Waals surface area contributed by atoms with Gasteiger partial charge in [0.1, 0.15) is 0 Å². The first-order valence-corrected chi connectivity index (χ1v) is 11.6. The van der Waals surface area contributed by atoms with Crippen LogP contribution in [0.4, 0.5) is 0 Å². The van der Waals surface area contributed by atoms with Crippen LogP contribution in [0.2, 0.25) is 0 Å². The van der Waals surface area contributed by atoms with Crippen molar-refractivity contribution in [1.82, 2.24) is 0 Å². The molecule has 0 heterocycles. The van der Waals surface area contributed by atoms with Gasteiger partial charge < -0.3 is 0 Å². The largest absolute Gasteiger partial charge is 0.0856 e. The van der Waals surface area contributed by atoms with Crippen LogP contribution in [0.25, 0.3) is 0 Å². The van der Waals surface area contributed by atoms with Crippen LogP contribution in [-0.4, -0.2) is 0 Å². The molecular weight excluding hydrogens is 360 g/mol. The monoisotopic (exact) mass is 416 g/mol. The molecule has 30 heavy (non-hydrogen) atoms. The van der Waals surface area contributed by atoms with Gasteiger partial charge in [-0.15, -0.1) is 0 Å². The Morgan fingerprint density at radius 3 is 1.07 bits per heavy atom. The van der Waals surface area contributed by atoms with Gasteiger partial charge in [0.15, 0.2) is 0 Å². The summed E-state index contributed by atoms with van der Waals surface area (Å²) >= 11 is 0. The predicted octanol–water partition coefficient (Wildman–Crippen LogP) is 10.6. The molecule has 0 fully saturated rings. The molecule has 0 aliphatic rings. The highest BCUT2D eigenvalue weighted by molar-refractivity contribution is 5.08. The lowest BCUT2D eigenvalue weighted by molar-refractivity contribution is 0.896. The average Bonchev–Trinajstić information content (AvgIpc) is 2.72. The minimum Gasteiger partial charge on any atom is -0.0856 e. The fourth-order valence-corrected chi connectivity index (χ4v) is 3.19. The molecule has 0 aliphatic heterocycles. The summed E-state index contributed by atoms with van der Waals surface area (Å²) in [5, 5.41) is 0. The van der Waals surface area contributed by atoms with Gasteiger partial charge in [-0.2, -0.15) is 0 Å². The lowest BCUT2D eigenvalue weighted by atomic mass is 10.0. The maximum Gasteiger partial charge on any atom is 0.0276 e. The maximum absolute atomic E-state index is 7.43. The van der Waals surface area contributed by atoms with Crippen LogP contribution in [-0.2, 0) is 0 Å². The minimum absolute atomic E-state index is 0.424. The third kappa shape index (κ3) is 19.7. The molecule has 0 aromatic heterocycles. The van der Waals surface area contributed by atoms with Crippen molar-refractivity contribution < 1.29 is 8.22 Å². The normalized spacial score (nSPS) is 17.3. The van der Waals surface area contributed by atoms with Gasteiger partial charge in [-0.1, -0.05) is 69.9 Å². The van der Waals surface area contributed by atoms with Gasteiger partial charge in [0.05, 0.1) is 0 Å². The Hall–Kier alpha value is -1.56. The molecule has 170 valence electrons. The smallest absolute Gasteiger partial charge is 0.0276 e. The first-order chi connectivity index (χ1) is 16.6. The molecule has 0 rings (SSSR count). The third-order valence-corrected chi connectivity index (χ3v) is 5.19. The Morgan fingerprint density at radius 1 is 0.433 bits per heavy atom. The molecule has 0 amide bonds. The van der Waals surface area contributed by atoms with Crippen LogP contribution in [0.1, 0.15) is 128 Å². The van der Waals surface area contributed by atoms with Crippen molar-refractivity contribution in [1.29, 1.82) is 0 Å². The van der Waals surface area contributed by atoms with E-state index >= 15 is 0 Å². The van der Waals surface area contributed by atoms with Crippen LogP contribution < -0.4 is 0 Å². The van der Waals surface area contributed by atoms with Gasteiger partial charge in [0.2, 0.25) is 0 Å². The van der Waals surface area contributed by atoms with E-state index in [1.807, 2.05) is 6.92 Å². The standard InChI is InChI=1S/C30H50/c1-25(2)15-11-19-29(7)23-13-21-27(5)17-9-10-18-28(6)22-14-24-30(8)20-12-16-26(3)4/h15-18,23-24H,9-14,19-22H2,1-8H3/b27-17+,28-18+,29-23+,30-24+/i1D3,2D3. The van der Waals surface area contributed by atoms with Crippen LogP contribution in [0, 0.1) is 0 Å². The summed E-state index contributed by atoms with van der Waals surface area (Å²) in [7, 11) is 0. The van der Waals surface area contributed by atoms with Crippen molar-refractivity contribution >= 4 is 0 Å². The molecule has 0 spiro atoms. The van der Waals surface area contributed by atoms with E-state index < -0.39 is 19.3 Å². The predicted molar refractivity (Wildman–Crippen MR) is 140 cm³/mol. The van der Waals surface area contributed by atoms with E-state index in [4.69, 9.17) is 8.22 Å². The number of hydrogen-bond donors (Lipinski definition) is 0. The van der Waals surface area contributed by atoms with Crippen LogP contribution >= 0.6 is 0 Å². The van der Waals surface area contributed by atoms with Gasteiger partial charge in [-0.05, 0) is 119 Å². The lowest BCUT2D eigenvalue weighted by Gasteiger charge is -2.02. The van der Waals surface area contributed by atoms with Crippen LogP contribution in [0.3, 0.4) is 0 Å². The minimum atomic E-state index is -2.57. The summed E-state index contributed by atoms with van der Waals surface area (Å²) in [5.41, 5.74) is 6.45. The molecule has 0 N–H and O–H groups in total. The van der Waals surface area contributed by atoms with E-state index in [2.05, 4.69) is 65.0 Å². The van der Waals surface area contributed by atoms with Crippen LogP contribution in [0.5, 0.6) is 0 Å². The van der Waals surface area contributed by atoms with Gasteiger partial charge in [0, 0.05) is 8.22 Å². The zero-order valence-corrected chi connectivity index (χ0v) is 20.5. The molecule has 0 atom stereocenters. The van der Waals surface area contributed by atoms with Gasteiger partial charge in [-0.3, -0.25) is 0 Å². The van der Waals surface area contributed by atoms with E-state index in [1.165, 1.54) is 28.4 Å². The molecule has 0 unspecified atom stereocenters. The van der Waals surface area contributed by atoms with Gasteiger partial charge >= 0.3 is 0 Å². The number of unbranched alkanes of at least 4 members (excludes halogenated alkanes) is 1. The highest BCUT2D eigenvalue weighted by Gasteiger charge is 1.94. The number of allylic oxidation sites excluding steroid dienone is 12. The van der Waals surface area contributed by atoms with Gasteiger partial charge in [0.25, 0.3) is 0 Å². The maximum atomic E-state index is 7.43. The first-order valence-electron chi connectivity index (χ1n) is 14.6. The third-order valence-electron chi connectivity index (χ3n) is 5.19. The Labute approximate surface area is 198 Å². The Kier molecular flexibility index (Phi) is 11.6. The summed E-state index contributed by atoms with van der Waals surface area (Å²) in [4.78, 5) is 0. The lowest BCUT2D eigenvalue weighted by Crippen LogP contribution is -1.82. The molecule has 0 saturated carbocycles. The van der Waals surface area contributed by atoms with Gasteiger partial charge in [-0.25, -0.2) is 0 Å². The van der Waals surface area contributed by atoms with Crippen molar-refractivity contribution in [2.75, 3.05) is 0 Å². The molecule has 0 aliphatic carbocycles. The second-order valence-corrected chi connectivity index (χ2v) is 8.83. The first kappa shape index (κ1) is 19.1. The van der Waals surface area contributed by atoms with E-state index in [-0.39, 0.29) is 0 Å². The van der Waals surface area contributed by atoms with E-state index in [1.54, 1.807) is 0 Å². The average molecular weight is 417 g/mol. The summed E-state index contributed by atoms with van der Waals surface area (Å²) < 4.78 is 44.6. The Morgan fingerprint density at radius 2 is 0.733 bits per heavy atom. The van der Waals surface area contributed by atoms with Crippen molar-refractivity contribution in [3.63, 3.8) is 0 Å². The molecule has 0 saturated heterocycles. The highest BCUT2D eigenvalue weighted by Crippen LogP contribution is 2.14. The SMILES string of the molecule is [2H]C([2H])([2H])C(=CCC/C(C)=C/CC/C(C)=C/CC/C=C(\C)CC/C=C(\C)CCC=C(C)C)C([2H])([2H])[2H]. The van der Waals surface area contributed by atoms with Crippen molar-refractivity contribution in [2.24, 2.45) is 0 Å². The fourth-order valence-electron chi connectivity index (χ4n) is 3.19. The summed E-state index contributed by atoms with van der Waals surface area (Å²) in [6.45, 7) is 7.81.